The van der Waals surface area contributed by atoms with Crippen molar-refractivity contribution in [2.75, 3.05) is 23.9 Å². The van der Waals surface area contributed by atoms with Gasteiger partial charge in [-0.25, -0.2) is 4.98 Å². The number of halogens is 3. The highest BCUT2D eigenvalue weighted by atomic mass is 19.4. The summed E-state index contributed by atoms with van der Waals surface area (Å²) in [6.45, 7) is 2.01. The number of benzene rings is 2. The molecule has 0 N–H and O–H groups in total. The molecule has 8 heteroatoms. The van der Waals surface area contributed by atoms with Crippen molar-refractivity contribution in [3.05, 3.63) is 71.4 Å². The minimum Gasteiger partial charge on any atom is -0.329 e. The van der Waals surface area contributed by atoms with Crippen molar-refractivity contribution < 1.29 is 13.2 Å². The van der Waals surface area contributed by atoms with E-state index in [4.69, 9.17) is 5.26 Å². The van der Waals surface area contributed by atoms with Crippen LogP contribution in [0.25, 0.3) is 0 Å². The molecule has 0 saturated carbocycles. The third-order valence-corrected chi connectivity index (χ3v) is 4.79. The molecule has 0 amide bonds. The van der Waals surface area contributed by atoms with Gasteiger partial charge in [-0.2, -0.15) is 23.4 Å². The monoisotopic (exact) mass is 411 g/mol. The Balaban J connectivity index is 2.03. The molecule has 3 rings (SSSR count). The third kappa shape index (κ3) is 4.35. The van der Waals surface area contributed by atoms with E-state index in [-0.39, 0.29) is 11.8 Å². The summed E-state index contributed by atoms with van der Waals surface area (Å²) < 4.78 is 40.9. The SMILES string of the molecule is CCc1ccc(N(C)c2nc(N(C)c3ccc(C#N)cc3)ncc2C(F)(F)F)cc1. The van der Waals surface area contributed by atoms with Crippen LogP contribution in [0, 0.1) is 11.3 Å². The molecule has 1 aromatic heterocycles. The van der Waals surface area contributed by atoms with Gasteiger partial charge in [0.2, 0.25) is 5.95 Å². The minimum atomic E-state index is -4.60. The lowest BCUT2D eigenvalue weighted by Gasteiger charge is -2.25. The van der Waals surface area contributed by atoms with Gasteiger partial charge in [0.25, 0.3) is 0 Å². The van der Waals surface area contributed by atoms with Crippen LogP contribution in [-0.4, -0.2) is 24.1 Å². The van der Waals surface area contributed by atoms with Crippen LogP contribution >= 0.6 is 0 Å². The summed E-state index contributed by atoms with van der Waals surface area (Å²) in [7, 11) is 3.20. The normalized spacial score (nSPS) is 11.1. The molecule has 2 aromatic carbocycles. The number of aromatic nitrogens is 2. The molecule has 1 heterocycles. The molecule has 3 aromatic rings. The van der Waals surface area contributed by atoms with E-state index in [9.17, 15) is 13.2 Å². The number of aryl methyl sites for hydroxylation is 1. The molecule has 154 valence electrons. The quantitative estimate of drug-likeness (QED) is 0.558. The fraction of sp³-hybridized carbons (Fsp3) is 0.227. The fourth-order valence-electron chi connectivity index (χ4n) is 2.93. The summed E-state index contributed by atoms with van der Waals surface area (Å²) in [5.74, 6) is -0.128. The first kappa shape index (κ1) is 21.1. The predicted molar refractivity (Wildman–Crippen MR) is 110 cm³/mol. The van der Waals surface area contributed by atoms with Gasteiger partial charge in [-0.15, -0.1) is 0 Å². The van der Waals surface area contributed by atoms with Gasteiger partial charge in [0.1, 0.15) is 5.56 Å². The third-order valence-electron chi connectivity index (χ3n) is 4.79. The molecule has 0 radical (unpaired) electrons. The largest absolute Gasteiger partial charge is 0.421 e. The van der Waals surface area contributed by atoms with Gasteiger partial charge in [-0.3, -0.25) is 0 Å². The molecule has 0 saturated heterocycles. The Morgan fingerprint density at radius 1 is 0.933 bits per heavy atom. The molecule has 0 bridgehead atoms. The number of nitrogens with zero attached hydrogens (tertiary/aromatic N) is 5. The van der Waals surface area contributed by atoms with Crippen LogP contribution in [0.1, 0.15) is 23.6 Å². The molecule has 0 atom stereocenters. The summed E-state index contributed by atoms with van der Waals surface area (Å²) in [5.41, 5.74) is 1.89. The number of anilines is 4. The van der Waals surface area contributed by atoms with E-state index in [0.29, 0.717) is 16.9 Å². The van der Waals surface area contributed by atoms with Crippen molar-refractivity contribution >= 4 is 23.1 Å². The first-order valence-corrected chi connectivity index (χ1v) is 9.25. The zero-order chi connectivity index (χ0) is 21.9. The maximum absolute atomic E-state index is 13.6. The molecule has 0 spiro atoms. The van der Waals surface area contributed by atoms with E-state index in [1.54, 1.807) is 55.4 Å². The van der Waals surface area contributed by atoms with Gasteiger partial charge >= 0.3 is 6.18 Å². The molecular formula is C22H20F3N5. The lowest BCUT2D eigenvalue weighted by atomic mass is 10.1. The first-order chi connectivity index (χ1) is 14.2. The van der Waals surface area contributed by atoms with Gasteiger partial charge < -0.3 is 9.80 Å². The van der Waals surface area contributed by atoms with E-state index in [2.05, 4.69) is 9.97 Å². The summed E-state index contributed by atoms with van der Waals surface area (Å²) in [4.78, 5) is 11.1. The van der Waals surface area contributed by atoms with Crippen molar-refractivity contribution in [2.45, 2.75) is 19.5 Å². The molecule has 0 aliphatic heterocycles. The van der Waals surface area contributed by atoms with Crippen molar-refractivity contribution in [2.24, 2.45) is 0 Å². The van der Waals surface area contributed by atoms with Crippen LogP contribution in [0.3, 0.4) is 0 Å². The van der Waals surface area contributed by atoms with Crippen molar-refractivity contribution in [1.29, 1.82) is 5.26 Å². The zero-order valence-electron chi connectivity index (χ0n) is 16.8. The standard InChI is InChI=1S/C22H20F3N5/c1-4-15-5-9-17(10-6-15)29(2)20-19(22(23,24)25)14-27-21(28-20)30(3)18-11-7-16(13-26)8-12-18/h5-12,14H,4H2,1-3H3. The van der Waals surface area contributed by atoms with E-state index in [1.807, 2.05) is 25.1 Å². The van der Waals surface area contributed by atoms with Gasteiger partial charge in [0.05, 0.1) is 11.6 Å². The van der Waals surface area contributed by atoms with Crippen LogP contribution in [0.15, 0.2) is 54.7 Å². The molecule has 0 aliphatic carbocycles. The Hall–Kier alpha value is -3.60. The molecular weight excluding hydrogens is 391 g/mol. The van der Waals surface area contributed by atoms with Crippen LogP contribution in [0.5, 0.6) is 0 Å². The van der Waals surface area contributed by atoms with Gasteiger partial charge in [-0.1, -0.05) is 19.1 Å². The highest BCUT2D eigenvalue weighted by molar-refractivity contribution is 5.66. The van der Waals surface area contributed by atoms with E-state index in [0.717, 1.165) is 18.2 Å². The molecule has 0 fully saturated rings. The van der Waals surface area contributed by atoms with Gasteiger partial charge in [0.15, 0.2) is 5.82 Å². The van der Waals surface area contributed by atoms with Gasteiger partial charge in [-0.05, 0) is 48.4 Å². The van der Waals surface area contributed by atoms with Crippen molar-refractivity contribution in [3.8, 4) is 6.07 Å². The zero-order valence-corrected chi connectivity index (χ0v) is 16.8. The summed E-state index contributed by atoms with van der Waals surface area (Å²) >= 11 is 0. The fourth-order valence-corrected chi connectivity index (χ4v) is 2.93. The number of rotatable bonds is 5. The van der Waals surface area contributed by atoms with Crippen LogP contribution in [-0.2, 0) is 12.6 Å². The lowest BCUT2D eigenvalue weighted by molar-refractivity contribution is -0.137. The second kappa shape index (κ2) is 8.41. The second-order valence-electron chi connectivity index (χ2n) is 6.70. The Bertz CT molecular complexity index is 1050. The first-order valence-electron chi connectivity index (χ1n) is 9.25. The number of nitriles is 1. The van der Waals surface area contributed by atoms with Crippen LogP contribution in [0.4, 0.5) is 36.3 Å². The van der Waals surface area contributed by atoms with E-state index in [1.165, 1.54) is 4.90 Å². The Morgan fingerprint density at radius 3 is 2.03 bits per heavy atom. The van der Waals surface area contributed by atoms with E-state index >= 15 is 0 Å². The highest BCUT2D eigenvalue weighted by Gasteiger charge is 2.37. The summed E-state index contributed by atoms with van der Waals surface area (Å²) in [6.07, 6.45) is -2.96. The molecule has 0 unspecified atom stereocenters. The smallest absolute Gasteiger partial charge is 0.329 e. The maximum Gasteiger partial charge on any atom is 0.421 e. The Morgan fingerprint density at radius 2 is 1.50 bits per heavy atom. The maximum atomic E-state index is 13.6. The van der Waals surface area contributed by atoms with Gasteiger partial charge in [0, 0.05) is 31.7 Å². The number of hydrogen-bond donors (Lipinski definition) is 0. The van der Waals surface area contributed by atoms with Crippen molar-refractivity contribution in [1.82, 2.24) is 9.97 Å². The average Bonchev–Trinajstić information content (AvgIpc) is 2.77. The topological polar surface area (TPSA) is 56.1 Å². The highest BCUT2D eigenvalue weighted by Crippen LogP contribution is 2.38. The second-order valence-corrected chi connectivity index (χ2v) is 6.70. The predicted octanol–water partition coefficient (Wildman–Crippen LogP) is 5.47. The number of alkyl halides is 3. The summed E-state index contributed by atoms with van der Waals surface area (Å²) in [5, 5.41) is 8.93. The molecule has 30 heavy (non-hydrogen) atoms. The Kier molecular flexibility index (Phi) is 5.92. The minimum absolute atomic E-state index is 0.111. The van der Waals surface area contributed by atoms with Crippen LogP contribution < -0.4 is 9.80 Å². The summed E-state index contributed by atoms with van der Waals surface area (Å²) in [6, 6.07) is 15.9. The lowest BCUT2D eigenvalue weighted by Crippen LogP contribution is -2.21. The van der Waals surface area contributed by atoms with E-state index < -0.39 is 11.7 Å². The van der Waals surface area contributed by atoms with Crippen molar-refractivity contribution in [3.63, 3.8) is 0 Å². The molecule has 5 nitrogen and oxygen atoms in total. The average molecular weight is 411 g/mol. The molecule has 0 aliphatic rings. The van der Waals surface area contributed by atoms with Crippen LogP contribution in [0.2, 0.25) is 0 Å². The number of hydrogen-bond acceptors (Lipinski definition) is 5. The Labute approximate surface area is 173 Å².